The van der Waals surface area contributed by atoms with Crippen LogP contribution in [0.3, 0.4) is 0 Å². The monoisotopic (exact) mass is 276 g/mol. The Morgan fingerprint density at radius 1 is 1.45 bits per heavy atom. The molecule has 0 spiro atoms. The number of amidine groups is 1. The van der Waals surface area contributed by atoms with Crippen LogP contribution in [-0.2, 0) is 0 Å². The van der Waals surface area contributed by atoms with Gasteiger partial charge in [0.15, 0.2) is 5.84 Å². The second-order valence-electron chi connectivity index (χ2n) is 5.66. The number of nitrogens with zero attached hydrogens (tertiary/aromatic N) is 3. The Morgan fingerprint density at radius 3 is 2.85 bits per heavy atom. The van der Waals surface area contributed by atoms with Gasteiger partial charge in [0.1, 0.15) is 0 Å². The standard InChI is InChI=1S/C15H24N4O/c1-11-6-4-8-13(15(16)17-20)14(11)19-9-5-7-12(10-19)18(2)3/h4,6,8,12,20H,5,7,9-10H2,1-3H3,(H2,16,17). The van der Waals surface area contributed by atoms with Gasteiger partial charge in [-0.1, -0.05) is 17.3 Å². The summed E-state index contributed by atoms with van der Waals surface area (Å²) in [5.74, 6) is 0.177. The number of anilines is 1. The third-order valence-electron chi connectivity index (χ3n) is 4.06. The lowest BCUT2D eigenvalue weighted by molar-refractivity contribution is 0.258. The number of benzene rings is 1. The molecule has 0 radical (unpaired) electrons. The summed E-state index contributed by atoms with van der Waals surface area (Å²) in [7, 11) is 4.24. The second kappa shape index (κ2) is 6.13. The summed E-state index contributed by atoms with van der Waals surface area (Å²) in [5, 5.41) is 12.1. The van der Waals surface area contributed by atoms with Gasteiger partial charge >= 0.3 is 0 Å². The topological polar surface area (TPSA) is 65.1 Å². The number of nitrogens with two attached hydrogens (primary N) is 1. The minimum Gasteiger partial charge on any atom is -0.409 e. The third-order valence-corrected chi connectivity index (χ3v) is 4.06. The van der Waals surface area contributed by atoms with Gasteiger partial charge in [-0.3, -0.25) is 0 Å². The Kier molecular flexibility index (Phi) is 4.49. The first-order chi connectivity index (χ1) is 9.54. The van der Waals surface area contributed by atoms with Gasteiger partial charge in [-0.05, 0) is 45.5 Å². The smallest absolute Gasteiger partial charge is 0.172 e. The molecular formula is C15H24N4O. The molecule has 2 rings (SSSR count). The molecule has 1 atom stereocenters. The SMILES string of the molecule is Cc1cccc(/C(N)=N/O)c1N1CCCC(N(C)C)C1. The van der Waals surface area contributed by atoms with E-state index in [4.69, 9.17) is 10.9 Å². The first-order valence-corrected chi connectivity index (χ1v) is 7.03. The van der Waals surface area contributed by atoms with E-state index in [0.29, 0.717) is 6.04 Å². The van der Waals surface area contributed by atoms with Crippen LogP contribution in [0.1, 0.15) is 24.0 Å². The summed E-state index contributed by atoms with van der Waals surface area (Å²) in [6.07, 6.45) is 2.38. The zero-order valence-corrected chi connectivity index (χ0v) is 12.5. The summed E-state index contributed by atoms with van der Waals surface area (Å²) in [4.78, 5) is 4.63. The maximum absolute atomic E-state index is 8.98. The molecule has 0 amide bonds. The van der Waals surface area contributed by atoms with Crippen molar-refractivity contribution in [3.05, 3.63) is 29.3 Å². The van der Waals surface area contributed by atoms with E-state index >= 15 is 0 Å². The summed E-state index contributed by atoms with van der Waals surface area (Å²) in [6, 6.07) is 6.47. The molecule has 1 aromatic rings. The van der Waals surface area contributed by atoms with E-state index in [2.05, 4.69) is 42.0 Å². The van der Waals surface area contributed by atoms with Gasteiger partial charge in [-0.15, -0.1) is 0 Å². The van der Waals surface area contributed by atoms with Gasteiger partial charge in [-0.25, -0.2) is 0 Å². The number of para-hydroxylation sites is 1. The van der Waals surface area contributed by atoms with E-state index in [1.165, 1.54) is 6.42 Å². The van der Waals surface area contributed by atoms with Gasteiger partial charge in [0.2, 0.25) is 0 Å². The van der Waals surface area contributed by atoms with Crippen LogP contribution in [0, 0.1) is 6.92 Å². The highest BCUT2D eigenvalue weighted by molar-refractivity contribution is 6.02. The van der Waals surface area contributed by atoms with Crippen LogP contribution in [0.4, 0.5) is 5.69 Å². The molecule has 1 aromatic carbocycles. The lowest BCUT2D eigenvalue weighted by atomic mass is 10.00. The highest BCUT2D eigenvalue weighted by Gasteiger charge is 2.24. The number of oxime groups is 1. The molecule has 1 heterocycles. The van der Waals surface area contributed by atoms with Crippen LogP contribution in [0.25, 0.3) is 0 Å². The average Bonchev–Trinajstić information content (AvgIpc) is 2.46. The Bertz CT molecular complexity index is 499. The van der Waals surface area contributed by atoms with E-state index in [0.717, 1.165) is 36.3 Å². The Morgan fingerprint density at radius 2 is 2.20 bits per heavy atom. The quantitative estimate of drug-likeness (QED) is 0.381. The zero-order chi connectivity index (χ0) is 14.7. The number of rotatable bonds is 3. The van der Waals surface area contributed by atoms with Crippen LogP contribution >= 0.6 is 0 Å². The van der Waals surface area contributed by atoms with Crippen molar-refractivity contribution >= 4 is 11.5 Å². The molecule has 0 aliphatic carbocycles. The highest BCUT2D eigenvalue weighted by Crippen LogP contribution is 2.28. The number of likely N-dealkylation sites (N-methyl/N-ethyl adjacent to an activating group) is 1. The van der Waals surface area contributed by atoms with Crippen LogP contribution < -0.4 is 10.6 Å². The fourth-order valence-electron chi connectivity index (χ4n) is 2.92. The summed E-state index contributed by atoms with van der Waals surface area (Å²) >= 11 is 0. The van der Waals surface area contributed by atoms with Crippen LogP contribution in [0.5, 0.6) is 0 Å². The average molecular weight is 276 g/mol. The van der Waals surface area contributed by atoms with E-state index in [9.17, 15) is 0 Å². The lowest BCUT2D eigenvalue weighted by Crippen LogP contribution is -2.46. The molecule has 0 saturated carbocycles. The first-order valence-electron chi connectivity index (χ1n) is 7.03. The summed E-state index contributed by atoms with van der Waals surface area (Å²) < 4.78 is 0. The van der Waals surface area contributed by atoms with Crippen molar-refractivity contribution < 1.29 is 5.21 Å². The predicted octanol–water partition coefficient (Wildman–Crippen LogP) is 1.62. The van der Waals surface area contributed by atoms with Gasteiger partial charge in [0.25, 0.3) is 0 Å². The van der Waals surface area contributed by atoms with E-state index in [1.807, 2.05) is 12.1 Å². The van der Waals surface area contributed by atoms with Crippen molar-refractivity contribution in [2.75, 3.05) is 32.1 Å². The number of piperidine rings is 1. The molecule has 1 fully saturated rings. The molecule has 3 N–H and O–H groups in total. The van der Waals surface area contributed by atoms with E-state index in [1.54, 1.807) is 0 Å². The zero-order valence-electron chi connectivity index (χ0n) is 12.5. The van der Waals surface area contributed by atoms with Crippen LogP contribution in [-0.4, -0.2) is 49.2 Å². The molecule has 1 aliphatic heterocycles. The molecule has 20 heavy (non-hydrogen) atoms. The summed E-state index contributed by atoms with van der Waals surface area (Å²) in [6.45, 7) is 4.06. The van der Waals surface area contributed by atoms with E-state index in [-0.39, 0.29) is 5.84 Å². The fourth-order valence-corrected chi connectivity index (χ4v) is 2.92. The van der Waals surface area contributed by atoms with Crippen molar-refractivity contribution in [3.63, 3.8) is 0 Å². The van der Waals surface area contributed by atoms with Crippen molar-refractivity contribution in [1.29, 1.82) is 0 Å². The molecule has 1 aliphatic rings. The molecule has 1 unspecified atom stereocenters. The molecule has 110 valence electrons. The summed E-state index contributed by atoms with van der Waals surface area (Å²) in [5.41, 5.74) is 8.89. The van der Waals surface area contributed by atoms with Gasteiger partial charge < -0.3 is 20.7 Å². The van der Waals surface area contributed by atoms with E-state index < -0.39 is 0 Å². The number of aryl methyl sites for hydroxylation is 1. The number of hydrogen-bond donors (Lipinski definition) is 2. The maximum Gasteiger partial charge on any atom is 0.172 e. The Labute approximate surface area is 120 Å². The largest absolute Gasteiger partial charge is 0.409 e. The second-order valence-corrected chi connectivity index (χ2v) is 5.66. The van der Waals surface area contributed by atoms with Gasteiger partial charge in [-0.2, -0.15) is 0 Å². The predicted molar refractivity (Wildman–Crippen MR) is 82.6 cm³/mol. The van der Waals surface area contributed by atoms with Gasteiger partial charge in [0, 0.05) is 24.7 Å². The van der Waals surface area contributed by atoms with Crippen LogP contribution in [0.2, 0.25) is 0 Å². The Balaban J connectivity index is 2.36. The van der Waals surface area contributed by atoms with Crippen molar-refractivity contribution in [1.82, 2.24) is 4.90 Å². The maximum atomic E-state index is 8.98. The molecule has 1 saturated heterocycles. The lowest BCUT2D eigenvalue weighted by Gasteiger charge is -2.39. The molecule has 5 heteroatoms. The molecular weight excluding hydrogens is 252 g/mol. The third kappa shape index (κ3) is 2.88. The molecule has 0 bridgehead atoms. The molecule has 0 aromatic heterocycles. The normalized spacial score (nSPS) is 20.5. The minimum atomic E-state index is 0.177. The number of hydrogen-bond acceptors (Lipinski definition) is 4. The van der Waals surface area contributed by atoms with Crippen molar-refractivity contribution in [3.8, 4) is 0 Å². The van der Waals surface area contributed by atoms with Crippen molar-refractivity contribution in [2.24, 2.45) is 10.9 Å². The first kappa shape index (κ1) is 14.7. The Hall–Kier alpha value is -1.75. The van der Waals surface area contributed by atoms with Crippen LogP contribution in [0.15, 0.2) is 23.4 Å². The fraction of sp³-hybridized carbons (Fsp3) is 0.533. The minimum absolute atomic E-state index is 0.177. The molecule has 5 nitrogen and oxygen atoms in total. The van der Waals surface area contributed by atoms with Gasteiger partial charge in [0.05, 0.1) is 5.69 Å². The van der Waals surface area contributed by atoms with Crippen molar-refractivity contribution in [2.45, 2.75) is 25.8 Å². The highest BCUT2D eigenvalue weighted by atomic mass is 16.4.